The first-order chi connectivity index (χ1) is 7.25. The van der Waals surface area contributed by atoms with Gasteiger partial charge in [0.2, 0.25) is 0 Å². The Morgan fingerprint density at radius 2 is 2.40 bits per heavy atom. The van der Waals surface area contributed by atoms with Gasteiger partial charge in [0.05, 0.1) is 6.26 Å². The van der Waals surface area contributed by atoms with Crippen LogP contribution in [0, 0.1) is 0 Å². The van der Waals surface area contributed by atoms with E-state index in [-0.39, 0.29) is 18.4 Å². The normalized spacial score (nSPS) is 10.1. The van der Waals surface area contributed by atoms with E-state index in [2.05, 4.69) is 4.98 Å². The van der Waals surface area contributed by atoms with Crippen LogP contribution < -0.4 is 4.74 Å². The van der Waals surface area contributed by atoms with Gasteiger partial charge in [0.25, 0.3) is 0 Å². The second-order valence-corrected chi connectivity index (χ2v) is 2.67. The fourth-order valence-electron chi connectivity index (χ4n) is 0.949. The van der Waals surface area contributed by atoms with Gasteiger partial charge in [-0.25, -0.2) is 4.79 Å². The summed E-state index contributed by atoms with van der Waals surface area (Å²) in [5.41, 5.74) is -0.190. The number of nitrogens with zero attached hydrogens (tertiary/aromatic N) is 1. The minimum absolute atomic E-state index is 0.0937. The molecule has 0 unspecified atom stereocenters. The highest BCUT2D eigenvalue weighted by atomic mass is 16.6. The molecule has 0 saturated carbocycles. The predicted octanol–water partition coefficient (Wildman–Crippen LogP) is 1.54. The Morgan fingerprint density at radius 1 is 1.53 bits per heavy atom. The molecule has 0 saturated heterocycles. The zero-order chi connectivity index (χ0) is 10.7. The van der Waals surface area contributed by atoms with E-state index < -0.39 is 5.97 Å². The van der Waals surface area contributed by atoms with Crippen molar-refractivity contribution in [2.24, 2.45) is 0 Å². The van der Waals surface area contributed by atoms with Crippen LogP contribution in [0.5, 0.6) is 6.08 Å². The summed E-state index contributed by atoms with van der Waals surface area (Å²) in [6.07, 6.45) is 2.43. The Kier molecular flexibility index (Phi) is 2.40. The van der Waals surface area contributed by atoms with Gasteiger partial charge in [-0.1, -0.05) is 0 Å². The highest BCUT2D eigenvalue weighted by Crippen LogP contribution is 2.12. The average Bonchev–Trinajstić information content (AvgIpc) is 2.86. The molecule has 0 aliphatic carbocycles. The number of carbonyl (C=O) groups is 1. The Balaban J connectivity index is 1.96. The van der Waals surface area contributed by atoms with E-state index in [0.717, 1.165) is 6.26 Å². The van der Waals surface area contributed by atoms with Crippen LogP contribution >= 0.6 is 0 Å². The summed E-state index contributed by atoms with van der Waals surface area (Å²) in [5.74, 6) is -0.559. The zero-order valence-electron chi connectivity index (χ0n) is 7.54. The number of hydrogen-bond donors (Lipinski definition) is 1. The molecular weight excluding hydrogens is 202 g/mol. The maximum absolute atomic E-state index is 10.5. The van der Waals surface area contributed by atoms with Crippen molar-refractivity contribution >= 4 is 5.97 Å². The molecule has 0 fully saturated rings. The van der Waals surface area contributed by atoms with Crippen LogP contribution in [0.1, 0.15) is 16.2 Å². The molecule has 2 aromatic rings. The molecule has 2 heterocycles. The van der Waals surface area contributed by atoms with E-state index in [0.29, 0.717) is 5.76 Å². The molecule has 0 bridgehead atoms. The molecule has 2 aromatic heterocycles. The van der Waals surface area contributed by atoms with Crippen LogP contribution in [0.25, 0.3) is 0 Å². The number of aromatic carboxylic acids is 1. The molecule has 0 aliphatic heterocycles. The highest BCUT2D eigenvalue weighted by molar-refractivity contribution is 5.84. The number of furan rings is 1. The van der Waals surface area contributed by atoms with Crippen molar-refractivity contribution in [3.05, 3.63) is 36.1 Å². The van der Waals surface area contributed by atoms with Crippen LogP contribution in [0.4, 0.5) is 0 Å². The topological polar surface area (TPSA) is 85.7 Å². The molecule has 6 heteroatoms. The number of rotatable bonds is 4. The Hall–Kier alpha value is -2.24. The standard InChI is InChI=1S/C9H7NO5/c11-8(12)7-5-15-9(10-7)14-4-6-2-1-3-13-6/h1-3,5H,4H2,(H,11,12). The van der Waals surface area contributed by atoms with Gasteiger partial charge in [-0.3, -0.25) is 0 Å². The molecule has 78 valence electrons. The smallest absolute Gasteiger partial charge is 0.394 e. The monoisotopic (exact) mass is 209 g/mol. The molecule has 0 atom stereocenters. The molecule has 1 N–H and O–H groups in total. The summed E-state index contributed by atoms with van der Waals surface area (Å²) in [4.78, 5) is 14.0. The lowest BCUT2D eigenvalue weighted by Crippen LogP contribution is -1.97. The van der Waals surface area contributed by atoms with Crippen molar-refractivity contribution in [3.8, 4) is 6.08 Å². The zero-order valence-corrected chi connectivity index (χ0v) is 7.54. The summed E-state index contributed by atoms with van der Waals surface area (Å²) in [6, 6.07) is 3.44. The van der Waals surface area contributed by atoms with Crippen molar-refractivity contribution in [1.82, 2.24) is 4.98 Å². The molecule has 0 aromatic carbocycles. The number of carboxylic acid groups (broad SMARTS) is 1. The molecule has 15 heavy (non-hydrogen) atoms. The van der Waals surface area contributed by atoms with E-state index in [9.17, 15) is 4.79 Å². The van der Waals surface area contributed by atoms with Crippen molar-refractivity contribution in [2.45, 2.75) is 6.61 Å². The van der Waals surface area contributed by atoms with Crippen molar-refractivity contribution in [3.63, 3.8) is 0 Å². The molecule has 0 radical (unpaired) electrons. The second-order valence-electron chi connectivity index (χ2n) is 2.67. The first-order valence-electron chi connectivity index (χ1n) is 4.09. The minimum Gasteiger partial charge on any atom is -0.476 e. The summed E-state index contributed by atoms with van der Waals surface area (Å²) in [7, 11) is 0. The summed E-state index contributed by atoms with van der Waals surface area (Å²) in [5, 5.41) is 8.55. The third kappa shape index (κ3) is 2.16. The molecule has 6 nitrogen and oxygen atoms in total. The minimum atomic E-state index is -1.16. The van der Waals surface area contributed by atoms with Gasteiger partial charge in [0, 0.05) is 0 Å². The summed E-state index contributed by atoms with van der Waals surface area (Å²) < 4.78 is 14.8. The lowest BCUT2D eigenvalue weighted by Gasteiger charge is -1.96. The van der Waals surface area contributed by atoms with E-state index >= 15 is 0 Å². The van der Waals surface area contributed by atoms with Gasteiger partial charge in [-0.05, 0) is 12.1 Å². The van der Waals surface area contributed by atoms with Crippen LogP contribution in [-0.4, -0.2) is 16.1 Å². The van der Waals surface area contributed by atoms with Crippen molar-refractivity contribution < 1.29 is 23.5 Å². The summed E-state index contributed by atoms with van der Waals surface area (Å²) in [6.45, 7) is 0.145. The molecule has 2 rings (SSSR count). The van der Waals surface area contributed by atoms with Crippen LogP contribution in [0.3, 0.4) is 0 Å². The van der Waals surface area contributed by atoms with E-state index in [1.165, 1.54) is 6.26 Å². The Morgan fingerprint density at radius 3 is 3.00 bits per heavy atom. The predicted molar refractivity (Wildman–Crippen MR) is 46.5 cm³/mol. The number of carboxylic acids is 1. The van der Waals surface area contributed by atoms with Crippen LogP contribution in [0.2, 0.25) is 0 Å². The largest absolute Gasteiger partial charge is 0.476 e. The van der Waals surface area contributed by atoms with Gasteiger partial charge in [0.1, 0.15) is 12.0 Å². The SMILES string of the molecule is O=C(O)c1coc(OCc2ccco2)n1. The first-order valence-corrected chi connectivity index (χ1v) is 4.09. The number of ether oxygens (including phenoxy) is 1. The summed E-state index contributed by atoms with van der Waals surface area (Å²) >= 11 is 0. The number of aromatic nitrogens is 1. The molecule has 0 aliphatic rings. The molecular formula is C9H7NO5. The maximum atomic E-state index is 10.5. The van der Waals surface area contributed by atoms with Gasteiger partial charge in [0.15, 0.2) is 12.3 Å². The second kappa shape index (κ2) is 3.87. The van der Waals surface area contributed by atoms with Gasteiger partial charge in [-0.2, -0.15) is 4.98 Å². The van der Waals surface area contributed by atoms with Gasteiger partial charge >= 0.3 is 12.0 Å². The lowest BCUT2D eigenvalue weighted by atomic mass is 10.5. The van der Waals surface area contributed by atoms with E-state index in [1.54, 1.807) is 12.1 Å². The average molecular weight is 209 g/mol. The van der Waals surface area contributed by atoms with Crippen molar-refractivity contribution in [2.75, 3.05) is 0 Å². The maximum Gasteiger partial charge on any atom is 0.394 e. The third-order valence-corrected chi connectivity index (χ3v) is 1.62. The number of oxazole rings is 1. The van der Waals surface area contributed by atoms with Crippen LogP contribution in [-0.2, 0) is 6.61 Å². The van der Waals surface area contributed by atoms with Crippen LogP contribution in [0.15, 0.2) is 33.5 Å². The lowest BCUT2D eigenvalue weighted by molar-refractivity contribution is 0.0690. The highest BCUT2D eigenvalue weighted by Gasteiger charge is 2.11. The number of hydrogen-bond acceptors (Lipinski definition) is 5. The van der Waals surface area contributed by atoms with Gasteiger partial charge < -0.3 is 18.7 Å². The quantitative estimate of drug-likeness (QED) is 0.821. The molecule has 0 spiro atoms. The van der Waals surface area contributed by atoms with Gasteiger partial charge in [-0.15, -0.1) is 0 Å². The third-order valence-electron chi connectivity index (χ3n) is 1.62. The fraction of sp³-hybridized carbons (Fsp3) is 0.111. The van der Waals surface area contributed by atoms with Crippen molar-refractivity contribution in [1.29, 1.82) is 0 Å². The first kappa shape index (κ1) is 9.32. The Labute approximate surface area is 84.1 Å². The fourth-order valence-corrected chi connectivity index (χ4v) is 0.949. The molecule has 0 amide bonds. The van der Waals surface area contributed by atoms with E-state index in [4.69, 9.17) is 18.7 Å². The Bertz CT molecular complexity index is 445. The van der Waals surface area contributed by atoms with E-state index in [1.807, 2.05) is 0 Å².